The molecule has 0 N–H and O–H groups in total. The minimum absolute atomic E-state index is 0.173. The number of para-hydroxylation sites is 2. The number of aromatic nitrogens is 2. The van der Waals surface area contributed by atoms with Crippen LogP contribution < -0.4 is 0 Å². The number of rotatable bonds is 3. The zero-order chi connectivity index (χ0) is 14.3. The molecular weight excluding hydrogens is 248 g/mol. The van der Waals surface area contributed by atoms with Crippen molar-refractivity contribution in [3.63, 3.8) is 0 Å². The van der Waals surface area contributed by atoms with Gasteiger partial charge in [-0.1, -0.05) is 25.0 Å². The summed E-state index contributed by atoms with van der Waals surface area (Å²) in [7, 11) is 0. The first-order valence-corrected chi connectivity index (χ1v) is 7.50. The number of hydrogen-bond acceptors (Lipinski definition) is 2. The van der Waals surface area contributed by atoms with Gasteiger partial charge in [0.2, 0.25) is 0 Å². The number of imidazole rings is 1. The smallest absolute Gasteiger partial charge is 0.142 e. The summed E-state index contributed by atoms with van der Waals surface area (Å²) in [5.41, 5.74) is 1.65. The topological polar surface area (TPSA) is 34.9 Å². The molecule has 0 amide bonds. The fourth-order valence-electron chi connectivity index (χ4n) is 3.17. The van der Waals surface area contributed by atoms with E-state index in [1.165, 1.54) is 31.2 Å². The molecule has 1 aromatic carbocycles. The Kier molecular flexibility index (Phi) is 3.15. The highest BCUT2D eigenvalue weighted by molar-refractivity contribution is 5.88. The van der Waals surface area contributed by atoms with Crippen LogP contribution in [0.1, 0.15) is 58.3 Å². The van der Waals surface area contributed by atoms with E-state index in [2.05, 4.69) is 16.7 Å². The van der Waals surface area contributed by atoms with Crippen molar-refractivity contribution < 1.29 is 4.79 Å². The van der Waals surface area contributed by atoms with Gasteiger partial charge in [-0.15, -0.1) is 0 Å². The Balaban J connectivity index is 2.25. The largest absolute Gasteiger partial charge is 0.324 e. The van der Waals surface area contributed by atoms with Crippen molar-refractivity contribution >= 4 is 16.8 Å². The lowest BCUT2D eigenvalue weighted by atomic mass is 9.87. The maximum Gasteiger partial charge on any atom is 0.142 e. The van der Waals surface area contributed by atoms with Crippen molar-refractivity contribution in [2.45, 2.75) is 57.9 Å². The van der Waals surface area contributed by atoms with E-state index < -0.39 is 5.41 Å². The zero-order valence-corrected chi connectivity index (χ0v) is 12.5. The van der Waals surface area contributed by atoms with E-state index in [-0.39, 0.29) is 5.78 Å². The number of fused-ring (bicyclic) bond motifs is 1. The lowest BCUT2D eigenvalue weighted by Gasteiger charge is -2.25. The molecule has 0 bridgehead atoms. The predicted octanol–water partition coefficient (Wildman–Crippen LogP) is 4.02. The fourth-order valence-corrected chi connectivity index (χ4v) is 3.17. The van der Waals surface area contributed by atoms with Gasteiger partial charge in [0, 0.05) is 6.04 Å². The van der Waals surface area contributed by atoms with Crippen LogP contribution in [-0.2, 0) is 10.2 Å². The summed E-state index contributed by atoms with van der Waals surface area (Å²) in [5.74, 6) is 1.10. The van der Waals surface area contributed by atoms with Crippen molar-refractivity contribution in [1.29, 1.82) is 0 Å². The van der Waals surface area contributed by atoms with E-state index in [4.69, 9.17) is 4.98 Å². The van der Waals surface area contributed by atoms with Crippen molar-refractivity contribution in [3.05, 3.63) is 30.1 Å². The predicted molar refractivity (Wildman–Crippen MR) is 80.9 cm³/mol. The molecule has 0 unspecified atom stereocenters. The van der Waals surface area contributed by atoms with E-state index in [1.54, 1.807) is 6.92 Å². The fraction of sp³-hybridized carbons (Fsp3) is 0.529. The van der Waals surface area contributed by atoms with Crippen LogP contribution in [-0.4, -0.2) is 15.3 Å². The first kappa shape index (κ1) is 13.3. The van der Waals surface area contributed by atoms with Crippen LogP contribution in [0.15, 0.2) is 24.3 Å². The van der Waals surface area contributed by atoms with Gasteiger partial charge in [-0.2, -0.15) is 0 Å². The number of benzene rings is 1. The summed E-state index contributed by atoms with van der Waals surface area (Å²) in [4.78, 5) is 16.8. The van der Waals surface area contributed by atoms with E-state index in [9.17, 15) is 4.79 Å². The molecule has 20 heavy (non-hydrogen) atoms. The normalized spacial score (nSPS) is 16.9. The van der Waals surface area contributed by atoms with E-state index in [0.717, 1.165) is 11.3 Å². The van der Waals surface area contributed by atoms with Gasteiger partial charge in [0.25, 0.3) is 0 Å². The second-order valence-electron chi connectivity index (χ2n) is 6.41. The third kappa shape index (κ3) is 1.96. The second kappa shape index (κ2) is 4.72. The Labute approximate surface area is 120 Å². The maximum atomic E-state index is 12.1. The summed E-state index contributed by atoms with van der Waals surface area (Å²) in [6, 6.07) is 8.73. The molecule has 1 aliphatic rings. The summed E-state index contributed by atoms with van der Waals surface area (Å²) >= 11 is 0. The Bertz CT molecular complexity index is 648. The maximum absolute atomic E-state index is 12.1. The average Bonchev–Trinajstić information content (AvgIpc) is 3.04. The lowest BCUT2D eigenvalue weighted by molar-refractivity contribution is -0.121. The first-order valence-electron chi connectivity index (χ1n) is 7.50. The molecule has 2 aromatic rings. The lowest BCUT2D eigenvalue weighted by Crippen LogP contribution is -2.31. The van der Waals surface area contributed by atoms with Crippen LogP contribution >= 0.6 is 0 Å². The number of hydrogen-bond donors (Lipinski definition) is 0. The van der Waals surface area contributed by atoms with E-state index in [1.807, 2.05) is 26.0 Å². The number of Topliss-reactive ketones (excluding diaryl/α,β-unsaturated/α-hetero) is 1. The second-order valence-corrected chi connectivity index (χ2v) is 6.41. The summed E-state index contributed by atoms with van der Waals surface area (Å²) in [6.07, 6.45) is 4.94. The molecule has 1 aliphatic carbocycles. The Morgan fingerprint density at radius 3 is 2.55 bits per heavy atom. The third-order valence-electron chi connectivity index (χ3n) is 4.72. The molecule has 0 spiro atoms. The molecule has 0 atom stereocenters. The number of ketones is 1. The highest BCUT2D eigenvalue weighted by Gasteiger charge is 2.34. The molecule has 3 nitrogen and oxygen atoms in total. The molecule has 1 aromatic heterocycles. The van der Waals surface area contributed by atoms with Gasteiger partial charge in [-0.05, 0) is 45.7 Å². The molecule has 0 saturated heterocycles. The Morgan fingerprint density at radius 2 is 1.90 bits per heavy atom. The van der Waals surface area contributed by atoms with Gasteiger partial charge in [0.05, 0.1) is 16.4 Å². The van der Waals surface area contributed by atoms with Gasteiger partial charge < -0.3 is 4.57 Å². The van der Waals surface area contributed by atoms with Crippen LogP contribution in [0.3, 0.4) is 0 Å². The van der Waals surface area contributed by atoms with Gasteiger partial charge in [-0.25, -0.2) is 4.98 Å². The average molecular weight is 270 g/mol. The molecule has 1 fully saturated rings. The molecule has 106 valence electrons. The van der Waals surface area contributed by atoms with Crippen LogP contribution in [0.4, 0.5) is 0 Å². The summed E-state index contributed by atoms with van der Waals surface area (Å²) in [5, 5.41) is 0. The van der Waals surface area contributed by atoms with Crippen LogP contribution in [0, 0.1) is 0 Å². The van der Waals surface area contributed by atoms with E-state index in [0.29, 0.717) is 6.04 Å². The molecule has 0 radical (unpaired) electrons. The highest BCUT2D eigenvalue weighted by Crippen LogP contribution is 2.37. The highest BCUT2D eigenvalue weighted by atomic mass is 16.1. The van der Waals surface area contributed by atoms with E-state index >= 15 is 0 Å². The monoisotopic (exact) mass is 270 g/mol. The molecular formula is C17H22N2O. The quantitative estimate of drug-likeness (QED) is 0.844. The summed E-state index contributed by atoms with van der Waals surface area (Å²) < 4.78 is 2.34. The molecule has 3 heteroatoms. The third-order valence-corrected chi connectivity index (χ3v) is 4.72. The van der Waals surface area contributed by atoms with Crippen LogP contribution in [0.25, 0.3) is 11.0 Å². The van der Waals surface area contributed by atoms with Gasteiger partial charge in [-0.3, -0.25) is 4.79 Å². The van der Waals surface area contributed by atoms with Crippen molar-refractivity contribution in [2.75, 3.05) is 0 Å². The van der Waals surface area contributed by atoms with Crippen LogP contribution in [0.5, 0.6) is 0 Å². The first-order chi connectivity index (χ1) is 9.51. The van der Waals surface area contributed by atoms with Gasteiger partial charge in [0.1, 0.15) is 11.6 Å². The van der Waals surface area contributed by atoms with Crippen LogP contribution in [0.2, 0.25) is 0 Å². The number of carbonyl (C=O) groups is 1. The van der Waals surface area contributed by atoms with Crippen molar-refractivity contribution in [2.24, 2.45) is 0 Å². The SMILES string of the molecule is CC(=O)C(C)(C)c1nc2ccccc2n1C1CCCC1. The number of nitrogens with zero attached hydrogens (tertiary/aromatic N) is 2. The minimum atomic E-state index is -0.526. The summed E-state index contributed by atoms with van der Waals surface area (Å²) in [6.45, 7) is 5.64. The molecule has 0 aliphatic heterocycles. The number of carbonyl (C=O) groups excluding carboxylic acids is 1. The zero-order valence-electron chi connectivity index (χ0n) is 12.5. The van der Waals surface area contributed by atoms with Crippen molar-refractivity contribution in [3.8, 4) is 0 Å². The minimum Gasteiger partial charge on any atom is -0.324 e. The standard InChI is InChI=1S/C17H22N2O/c1-12(20)17(2,3)16-18-14-10-6-7-11-15(14)19(16)13-8-4-5-9-13/h6-7,10-11,13H,4-5,8-9H2,1-3H3. The van der Waals surface area contributed by atoms with Crippen molar-refractivity contribution in [1.82, 2.24) is 9.55 Å². The van der Waals surface area contributed by atoms with Gasteiger partial charge in [0.15, 0.2) is 0 Å². The Hall–Kier alpha value is -1.64. The van der Waals surface area contributed by atoms with Gasteiger partial charge >= 0.3 is 0 Å². The molecule has 3 rings (SSSR count). The molecule has 1 heterocycles. The Morgan fingerprint density at radius 1 is 1.25 bits per heavy atom. The molecule has 1 saturated carbocycles.